The molecular formula is C20H22N2O2. The van der Waals surface area contributed by atoms with Crippen molar-refractivity contribution in [2.75, 3.05) is 6.54 Å². The minimum atomic E-state index is -0.343. The number of carbonyl (C=O) groups is 2. The van der Waals surface area contributed by atoms with E-state index in [1.807, 2.05) is 18.2 Å². The van der Waals surface area contributed by atoms with E-state index in [-0.39, 0.29) is 17.7 Å². The molecule has 1 amide bonds. The number of carbonyl (C=O) groups excluding carboxylic acids is 2. The Labute approximate surface area is 142 Å². The molecule has 4 heteroatoms. The minimum Gasteiger partial charge on any atom is -0.332 e. The summed E-state index contributed by atoms with van der Waals surface area (Å²) in [6.07, 6.45) is 5.42. The van der Waals surface area contributed by atoms with Gasteiger partial charge in [0.25, 0.3) is 0 Å². The number of ketones is 1. The van der Waals surface area contributed by atoms with E-state index in [4.69, 9.17) is 0 Å². The summed E-state index contributed by atoms with van der Waals surface area (Å²) in [4.78, 5) is 31.0. The Morgan fingerprint density at radius 1 is 1.08 bits per heavy atom. The van der Waals surface area contributed by atoms with Gasteiger partial charge in [-0.25, -0.2) is 0 Å². The molecule has 124 valence electrons. The van der Waals surface area contributed by atoms with E-state index in [2.05, 4.69) is 17.1 Å². The van der Waals surface area contributed by atoms with Gasteiger partial charge >= 0.3 is 0 Å². The van der Waals surface area contributed by atoms with E-state index >= 15 is 0 Å². The van der Waals surface area contributed by atoms with Crippen LogP contribution in [0.5, 0.6) is 0 Å². The fraction of sp³-hybridized carbons (Fsp3) is 0.350. The lowest BCUT2D eigenvalue weighted by molar-refractivity contribution is -0.131. The quantitative estimate of drug-likeness (QED) is 0.767. The number of rotatable bonds is 6. The van der Waals surface area contributed by atoms with Crippen LogP contribution in [0.2, 0.25) is 0 Å². The highest BCUT2D eigenvalue weighted by Crippen LogP contribution is 2.22. The molecule has 1 aromatic heterocycles. The molecule has 0 N–H and O–H groups in total. The Balaban J connectivity index is 1.56. The number of Topliss-reactive ketones (excluding diaryl/α,β-unsaturated/α-hetero) is 1. The zero-order valence-electron chi connectivity index (χ0n) is 13.7. The van der Waals surface area contributed by atoms with E-state index in [0.717, 1.165) is 25.7 Å². The van der Waals surface area contributed by atoms with E-state index < -0.39 is 0 Å². The van der Waals surface area contributed by atoms with Crippen molar-refractivity contribution in [1.82, 2.24) is 9.88 Å². The number of likely N-dealkylation sites (tertiary alicyclic amines) is 1. The zero-order chi connectivity index (χ0) is 16.8. The summed E-state index contributed by atoms with van der Waals surface area (Å²) < 4.78 is 0. The van der Waals surface area contributed by atoms with Crippen LogP contribution in [0.4, 0.5) is 0 Å². The molecule has 1 aliphatic heterocycles. The average Bonchev–Trinajstić information content (AvgIpc) is 3.12. The van der Waals surface area contributed by atoms with Crippen molar-refractivity contribution in [1.29, 1.82) is 0 Å². The van der Waals surface area contributed by atoms with Gasteiger partial charge in [0.05, 0.1) is 6.04 Å². The van der Waals surface area contributed by atoms with Crippen molar-refractivity contribution in [2.24, 2.45) is 0 Å². The first-order valence-electron chi connectivity index (χ1n) is 8.54. The molecule has 24 heavy (non-hydrogen) atoms. The summed E-state index contributed by atoms with van der Waals surface area (Å²) in [7, 11) is 0. The maximum atomic E-state index is 12.6. The molecular weight excluding hydrogens is 300 g/mol. The molecule has 2 heterocycles. The Bertz CT molecular complexity index is 685. The lowest BCUT2D eigenvalue weighted by atomic mass is 10.1. The molecule has 0 radical (unpaired) electrons. The lowest BCUT2D eigenvalue weighted by Crippen LogP contribution is -2.40. The topological polar surface area (TPSA) is 50.3 Å². The molecule has 1 fully saturated rings. The smallest absolute Gasteiger partial charge is 0.223 e. The van der Waals surface area contributed by atoms with Crippen LogP contribution in [0.1, 0.15) is 41.7 Å². The highest BCUT2D eigenvalue weighted by atomic mass is 16.2. The van der Waals surface area contributed by atoms with Crippen molar-refractivity contribution < 1.29 is 9.59 Å². The van der Waals surface area contributed by atoms with Crippen LogP contribution in [-0.4, -0.2) is 34.2 Å². The molecule has 1 saturated heterocycles. The Morgan fingerprint density at radius 2 is 1.88 bits per heavy atom. The monoisotopic (exact) mass is 322 g/mol. The third kappa shape index (κ3) is 3.88. The number of pyridine rings is 1. The number of hydrogen-bond acceptors (Lipinski definition) is 3. The van der Waals surface area contributed by atoms with Crippen LogP contribution in [0.25, 0.3) is 0 Å². The molecule has 0 aliphatic carbocycles. The molecule has 0 spiro atoms. The Morgan fingerprint density at radius 3 is 2.62 bits per heavy atom. The van der Waals surface area contributed by atoms with Crippen molar-refractivity contribution in [3.8, 4) is 0 Å². The van der Waals surface area contributed by atoms with Crippen molar-refractivity contribution in [3.63, 3.8) is 0 Å². The Hall–Kier alpha value is -2.49. The van der Waals surface area contributed by atoms with Gasteiger partial charge in [0.15, 0.2) is 0 Å². The van der Waals surface area contributed by atoms with Crippen LogP contribution >= 0.6 is 0 Å². The molecule has 0 unspecified atom stereocenters. The highest BCUT2D eigenvalue weighted by molar-refractivity contribution is 6.00. The maximum Gasteiger partial charge on any atom is 0.223 e. The van der Waals surface area contributed by atoms with Gasteiger partial charge < -0.3 is 4.90 Å². The minimum absolute atomic E-state index is 0.0375. The third-order valence-corrected chi connectivity index (χ3v) is 4.49. The third-order valence-electron chi connectivity index (χ3n) is 4.49. The maximum absolute atomic E-state index is 12.6. The van der Waals surface area contributed by atoms with Crippen LogP contribution in [0.15, 0.2) is 54.7 Å². The zero-order valence-corrected chi connectivity index (χ0v) is 13.7. The van der Waals surface area contributed by atoms with E-state index in [1.165, 1.54) is 5.56 Å². The highest BCUT2D eigenvalue weighted by Gasteiger charge is 2.34. The molecule has 1 aliphatic rings. The number of hydrogen-bond donors (Lipinski definition) is 0. The molecule has 4 nitrogen and oxygen atoms in total. The van der Waals surface area contributed by atoms with Gasteiger partial charge in [-0.1, -0.05) is 36.4 Å². The summed E-state index contributed by atoms with van der Waals surface area (Å²) in [5.74, 6) is 0.0437. The van der Waals surface area contributed by atoms with Crippen LogP contribution in [0, 0.1) is 0 Å². The molecule has 2 aromatic rings. The van der Waals surface area contributed by atoms with E-state index in [1.54, 1.807) is 29.3 Å². The summed E-state index contributed by atoms with van der Waals surface area (Å²) in [6, 6.07) is 15.1. The molecule has 1 atom stereocenters. The van der Waals surface area contributed by atoms with Gasteiger partial charge in [-0.15, -0.1) is 0 Å². The first kappa shape index (κ1) is 16.4. The van der Waals surface area contributed by atoms with E-state index in [9.17, 15) is 9.59 Å². The van der Waals surface area contributed by atoms with Gasteiger partial charge in [-0.2, -0.15) is 0 Å². The van der Waals surface area contributed by atoms with Gasteiger partial charge in [0.2, 0.25) is 11.7 Å². The van der Waals surface area contributed by atoms with Crippen molar-refractivity contribution in [2.45, 2.75) is 38.1 Å². The number of amides is 1. The number of aromatic nitrogens is 1. The average molecular weight is 322 g/mol. The van der Waals surface area contributed by atoms with Crippen molar-refractivity contribution >= 4 is 11.7 Å². The molecule has 1 aromatic carbocycles. The van der Waals surface area contributed by atoms with Gasteiger partial charge in [0.1, 0.15) is 5.69 Å². The Kier molecular flexibility index (Phi) is 5.36. The number of benzene rings is 1. The lowest BCUT2D eigenvalue weighted by Gasteiger charge is -2.23. The van der Waals surface area contributed by atoms with Crippen LogP contribution in [-0.2, 0) is 11.2 Å². The second-order valence-electron chi connectivity index (χ2n) is 6.16. The van der Waals surface area contributed by atoms with Crippen LogP contribution in [0.3, 0.4) is 0 Å². The fourth-order valence-corrected chi connectivity index (χ4v) is 3.25. The predicted molar refractivity (Wildman–Crippen MR) is 92.7 cm³/mol. The first-order valence-corrected chi connectivity index (χ1v) is 8.54. The van der Waals surface area contributed by atoms with Crippen molar-refractivity contribution in [3.05, 3.63) is 66.0 Å². The summed E-state index contributed by atoms with van der Waals surface area (Å²) >= 11 is 0. The SMILES string of the molecule is O=C(c1ccccn1)[C@@H]1CCCN1C(=O)CCCc1ccccc1. The normalized spacial score (nSPS) is 17.0. The van der Waals surface area contributed by atoms with Crippen LogP contribution < -0.4 is 0 Å². The fourth-order valence-electron chi connectivity index (χ4n) is 3.25. The van der Waals surface area contributed by atoms with Gasteiger partial charge in [0, 0.05) is 19.2 Å². The summed E-state index contributed by atoms with van der Waals surface area (Å²) in [6.45, 7) is 0.674. The number of aryl methyl sites for hydroxylation is 1. The molecule has 3 rings (SSSR count). The second kappa shape index (κ2) is 7.86. The largest absolute Gasteiger partial charge is 0.332 e. The summed E-state index contributed by atoms with van der Waals surface area (Å²) in [5.41, 5.74) is 1.69. The second-order valence-corrected chi connectivity index (χ2v) is 6.16. The predicted octanol–water partition coefficient (Wildman–Crippen LogP) is 3.28. The number of nitrogens with zero attached hydrogens (tertiary/aromatic N) is 2. The van der Waals surface area contributed by atoms with Gasteiger partial charge in [-0.3, -0.25) is 14.6 Å². The molecule has 0 bridgehead atoms. The van der Waals surface area contributed by atoms with E-state index in [0.29, 0.717) is 18.7 Å². The van der Waals surface area contributed by atoms with Gasteiger partial charge in [-0.05, 0) is 43.4 Å². The first-order chi connectivity index (χ1) is 11.8. The standard InChI is InChI=1S/C20H22N2O2/c23-19(13-6-10-16-8-2-1-3-9-16)22-15-7-12-18(22)20(24)17-11-4-5-14-21-17/h1-5,8-9,11,14,18H,6-7,10,12-13,15H2/t18-/m0/s1. The summed E-state index contributed by atoms with van der Waals surface area (Å²) in [5, 5.41) is 0. The molecule has 0 saturated carbocycles.